The lowest BCUT2D eigenvalue weighted by Gasteiger charge is -2.33. The molecule has 2 amide bonds. The maximum atomic E-state index is 14.0. The molecule has 0 aromatic heterocycles. The van der Waals surface area contributed by atoms with Gasteiger partial charge in [0, 0.05) is 17.1 Å². The van der Waals surface area contributed by atoms with Gasteiger partial charge in [-0.15, -0.1) is 0 Å². The Labute approximate surface area is 259 Å². The van der Waals surface area contributed by atoms with Crippen LogP contribution in [-0.2, 0) is 32.3 Å². The Balaban J connectivity index is 2.13. The van der Waals surface area contributed by atoms with E-state index in [1.165, 1.54) is 31.2 Å². The van der Waals surface area contributed by atoms with E-state index < -0.39 is 62.4 Å². The number of hydrogen-bond acceptors (Lipinski definition) is 4. The molecule has 0 aliphatic carbocycles. The number of nitrogens with zero attached hydrogens (tertiary/aromatic N) is 2. The fourth-order valence-corrected chi connectivity index (χ4v) is 5.98. The monoisotopic (exact) mass is 657 g/mol. The molecule has 0 aliphatic rings. The summed E-state index contributed by atoms with van der Waals surface area (Å²) >= 11 is 11.9. The van der Waals surface area contributed by atoms with Gasteiger partial charge in [-0.3, -0.25) is 13.9 Å². The summed E-state index contributed by atoms with van der Waals surface area (Å²) in [6.45, 7) is 7.45. The standard InChI is InChI=1S/C30H32Cl2F3N3O4S/c1-19-9-12-24(13-10-19)43(41,42)38(23-11-14-26(32)25(16-23)30(33,34)35)18-27(39)37(17-21-7-6-8-22(31)15-21)20(2)28(40)36-29(3,4)5/h6-16,20H,17-18H2,1-5H3,(H,36,40). The lowest BCUT2D eigenvalue weighted by molar-refractivity contribution is -0.140. The average molecular weight is 659 g/mol. The molecule has 13 heteroatoms. The third kappa shape index (κ3) is 8.87. The van der Waals surface area contributed by atoms with Crippen LogP contribution in [0.2, 0.25) is 10.0 Å². The minimum Gasteiger partial charge on any atom is -0.350 e. The van der Waals surface area contributed by atoms with E-state index in [-0.39, 0.29) is 11.4 Å². The second kappa shape index (κ2) is 13.2. The maximum Gasteiger partial charge on any atom is 0.417 e. The molecule has 0 fully saturated rings. The second-order valence-corrected chi connectivity index (χ2v) is 13.8. The van der Waals surface area contributed by atoms with E-state index in [1.54, 1.807) is 52.0 Å². The van der Waals surface area contributed by atoms with Gasteiger partial charge >= 0.3 is 6.18 Å². The number of halogens is 5. The van der Waals surface area contributed by atoms with E-state index in [0.29, 0.717) is 21.0 Å². The van der Waals surface area contributed by atoms with Gasteiger partial charge < -0.3 is 10.2 Å². The Morgan fingerprint density at radius 2 is 1.58 bits per heavy atom. The van der Waals surface area contributed by atoms with Crippen LogP contribution in [0.3, 0.4) is 0 Å². The molecule has 0 bridgehead atoms. The number of anilines is 1. The summed E-state index contributed by atoms with van der Waals surface area (Å²) < 4.78 is 69.7. The molecule has 1 atom stereocenters. The van der Waals surface area contributed by atoms with Crippen molar-refractivity contribution in [2.45, 2.75) is 63.8 Å². The number of amides is 2. The Bertz CT molecular complexity index is 1590. The lowest BCUT2D eigenvalue weighted by atomic mass is 10.1. The van der Waals surface area contributed by atoms with Gasteiger partial charge in [0.15, 0.2) is 0 Å². The molecule has 43 heavy (non-hydrogen) atoms. The first-order chi connectivity index (χ1) is 19.8. The molecule has 0 spiro atoms. The van der Waals surface area contributed by atoms with Crippen LogP contribution in [0.5, 0.6) is 0 Å². The minimum absolute atomic E-state index is 0.134. The summed E-state index contributed by atoms with van der Waals surface area (Å²) in [4.78, 5) is 28.0. The molecule has 1 N–H and O–H groups in total. The van der Waals surface area contributed by atoms with E-state index in [1.807, 2.05) is 0 Å². The van der Waals surface area contributed by atoms with E-state index in [4.69, 9.17) is 23.2 Å². The minimum atomic E-state index is -4.89. The van der Waals surface area contributed by atoms with Crippen LogP contribution in [0, 0.1) is 6.92 Å². The van der Waals surface area contributed by atoms with Crippen molar-refractivity contribution < 1.29 is 31.2 Å². The topological polar surface area (TPSA) is 86.8 Å². The number of hydrogen-bond donors (Lipinski definition) is 1. The molecule has 0 saturated carbocycles. The van der Waals surface area contributed by atoms with Gasteiger partial charge in [-0.2, -0.15) is 13.2 Å². The zero-order chi connectivity index (χ0) is 32.3. The van der Waals surface area contributed by atoms with Crippen LogP contribution in [0.15, 0.2) is 71.6 Å². The van der Waals surface area contributed by atoms with Crippen molar-refractivity contribution in [1.29, 1.82) is 0 Å². The summed E-state index contributed by atoms with van der Waals surface area (Å²) in [5, 5.41) is 2.54. The molecule has 0 heterocycles. The SMILES string of the molecule is Cc1ccc(S(=O)(=O)N(CC(=O)N(Cc2cccc(Cl)c2)C(C)C(=O)NC(C)(C)C)c2ccc(Cl)c(C(F)(F)F)c2)cc1. The van der Waals surface area contributed by atoms with E-state index in [2.05, 4.69) is 5.32 Å². The first-order valence-corrected chi connectivity index (χ1v) is 15.3. The molecule has 1 unspecified atom stereocenters. The fraction of sp³-hybridized carbons (Fsp3) is 0.333. The lowest BCUT2D eigenvalue weighted by Crippen LogP contribution is -2.54. The Morgan fingerprint density at radius 3 is 2.14 bits per heavy atom. The highest BCUT2D eigenvalue weighted by Gasteiger charge is 2.37. The van der Waals surface area contributed by atoms with Crippen molar-refractivity contribution in [3.05, 3.63) is 93.5 Å². The van der Waals surface area contributed by atoms with Gasteiger partial charge in [0.05, 0.1) is 21.2 Å². The van der Waals surface area contributed by atoms with Crippen molar-refractivity contribution in [2.24, 2.45) is 0 Å². The van der Waals surface area contributed by atoms with Crippen LogP contribution < -0.4 is 9.62 Å². The first kappa shape index (κ1) is 34.2. The summed E-state index contributed by atoms with van der Waals surface area (Å²) in [7, 11) is -4.58. The van der Waals surface area contributed by atoms with Crippen molar-refractivity contribution in [3.63, 3.8) is 0 Å². The van der Waals surface area contributed by atoms with E-state index in [9.17, 15) is 31.2 Å². The van der Waals surface area contributed by atoms with Crippen LogP contribution in [0.4, 0.5) is 18.9 Å². The third-order valence-electron chi connectivity index (χ3n) is 6.34. The zero-order valence-electron chi connectivity index (χ0n) is 24.2. The van der Waals surface area contributed by atoms with Gasteiger partial charge in [0.25, 0.3) is 10.0 Å². The summed E-state index contributed by atoms with van der Waals surface area (Å²) in [5.74, 6) is -1.35. The first-order valence-electron chi connectivity index (χ1n) is 13.1. The van der Waals surface area contributed by atoms with Gasteiger partial charge in [0.2, 0.25) is 11.8 Å². The number of nitrogens with one attached hydrogen (secondary N) is 1. The normalized spacial score (nSPS) is 12.9. The zero-order valence-corrected chi connectivity index (χ0v) is 26.5. The molecular formula is C30H32Cl2F3N3O4S. The number of benzene rings is 3. The highest BCUT2D eigenvalue weighted by atomic mass is 35.5. The molecule has 232 valence electrons. The summed E-state index contributed by atoms with van der Waals surface area (Å²) in [6, 6.07) is 13.7. The van der Waals surface area contributed by atoms with Crippen molar-refractivity contribution in [2.75, 3.05) is 10.8 Å². The average Bonchev–Trinajstić information content (AvgIpc) is 2.89. The van der Waals surface area contributed by atoms with Crippen LogP contribution in [0.25, 0.3) is 0 Å². The molecule has 7 nitrogen and oxygen atoms in total. The fourth-order valence-electron chi connectivity index (χ4n) is 4.14. The van der Waals surface area contributed by atoms with Gasteiger partial charge in [0.1, 0.15) is 12.6 Å². The number of carbonyl (C=O) groups excluding carboxylic acids is 2. The smallest absolute Gasteiger partial charge is 0.350 e. The largest absolute Gasteiger partial charge is 0.417 e. The second-order valence-electron chi connectivity index (χ2n) is 11.1. The Kier molecular flexibility index (Phi) is 10.5. The Morgan fingerprint density at radius 1 is 0.953 bits per heavy atom. The summed E-state index contributed by atoms with van der Waals surface area (Å²) in [5.41, 5.74) is -1.04. The molecule has 3 aromatic carbocycles. The van der Waals surface area contributed by atoms with Gasteiger partial charge in [-0.05, 0) is 82.6 Å². The number of alkyl halides is 3. The molecule has 3 aromatic rings. The Hall–Kier alpha value is -3.28. The third-order valence-corrected chi connectivity index (χ3v) is 8.69. The van der Waals surface area contributed by atoms with Crippen LogP contribution >= 0.6 is 23.2 Å². The van der Waals surface area contributed by atoms with E-state index in [0.717, 1.165) is 22.6 Å². The van der Waals surface area contributed by atoms with Gasteiger partial charge in [-0.1, -0.05) is 53.0 Å². The van der Waals surface area contributed by atoms with Crippen molar-refractivity contribution >= 4 is 50.7 Å². The van der Waals surface area contributed by atoms with Crippen molar-refractivity contribution in [1.82, 2.24) is 10.2 Å². The molecule has 0 aliphatic heterocycles. The summed E-state index contributed by atoms with van der Waals surface area (Å²) in [6.07, 6.45) is -4.89. The van der Waals surface area contributed by atoms with E-state index >= 15 is 0 Å². The highest BCUT2D eigenvalue weighted by Crippen LogP contribution is 2.38. The highest BCUT2D eigenvalue weighted by molar-refractivity contribution is 7.92. The number of carbonyl (C=O) groups is 2. The maximum absolute atomic E-state index is 14.0. The quantitative estimate of drug-likeness (QED) is 0.273. The molecule has 0 saturated heterocycles. The van der Waals surface area contributed by atoms with Crippen molar-refractivity contribution in [3.8, 4) is 0 Å². The molecule has 3 rings (SSSR count). The van der Waals surface area contributed by atoms with Gasteiger partial charge in [-0.25, -0.2) is 8.42 Å². The number of sulfonamides is 1. The predicted octanol–water partition coefficient (Wildman–Crippen LogP) is 6.85. The number of aryl methyl sites for hydroxylation is 1. The molecular weight excluding hydrogens is 626 g/mol. The number of rotatable bonds is 9. The molecule has 0 radical (unpaired) electrons. The van der Waals surface area contributed by atoms with Crippen LogP contribution in [0.1, 0.15) is 44.4 Å². The predicted molar refractivity (Wildman–Crippen MR) is 162 cm³/mol. The van der Waals surface area contributed by atoms with Crippen LogP contribution in [-0.4, -0.2) is 43.3 Å².